The highest BCUT2D eigenvalue weighted by atomic mass is 32.2. The first-order valence-corrected chi connectivity index (χ1v) is 6.85. The van der Waals surface area contributed by atoms with E-state index in [1.807, 2.05) is 6.07 Å². The average molecular weight is 268 g/mol. The van der Waals surface area contributed by atoms with Crippen LogP contribution in [0.5, 0.6) is 0 Å². The van der Waals surface area contributed by atoms with Gasteiger partial charge in [-0.25, -0.2) is 8.42 Å². The van der Waals surface area contributed by atoms with Crippen LogP contribution in [0.2, 0.25) is 0 Å². The van der Waals surface area contributed by atoms with Crippen LogP contribution >= 0.6 is 0 Å². The van der Waals surface area contributed by atoms with Crippen LogP contribution < -0.4 is 0 Å². The Balaban J connectivity index is 3.18. The van der Waals surface area contributed by atoms with Gasteiger partial charge in [-0.1, -0.05) is 12.1 Å². The highest BCUT2D eigenvalue weighted by Crippen LogP contribution is 2.20. The van der Waals surface area contributed by atoms with Crippen LogP contribution in [-0.4, -0.2) is 39.5 Å². The lowest BCUT2D eigenvalue weighted by molar-refractivity contribution is 0.149. The van der Waals surface area contributed by atoms with Crippen LogP contribution in [-0.2, 0) is 14.8 Å². The molecule has 0 aromatic heterocycles. The first kappa shape index (κ1) is 14.6. The number of benzene rings is 1. The minimum absolute atomic E-state index is 0.0259. The van der Waals surface area contributed by atoms with Crippen molar-refractivity contribution < 1.29 is 13.2 Å². The first-order chi connectivity index (χ1) is 8.45. The molecule has 0 fully saturated rings. The van der Waals surface area contributed by atoms with Crippen molar-refractivity contribution in [1.82, 2.24) is 4.31 Å². The van der Waals surface area contributed by atoms with Gasteiger partial charge < -0.3 is 4.74 Å². The molecule has 0 amide bonds. The summed E-state index contributed by atoms with van der Waals surface area (Å²) < 4.78 is 30.9. The van der Waals surface area contributed by atoms with Gasteiger partial charge in [0.05, 0.1) is 17.1 Å². The zero-order valence-electron chi connectivity index (χ0n) is 10.6. The van der Waals surface area contributed by atoms with E-state index in [4.69, 9.17) is 10.00 Å². The van der Waals surface area contributed by atoms with Gasteiger partial charge in [0.25, 0.3) is 0 Å². The van der Waals surface area contributed by atoms with E-state index in [-0.39, 0.29) is 16.5 Å². The number of methoxy groups -OCH3 is 1. The molecule has 0 saturated carbocycles. The number of ether oxygens (including phenoxy) is 1. The fourth-order valence-corrected chi connectivity index (χ4v) is 3.01. The van der Waals surface area contributed by atoms with E-state index < -0.39 is 10.0 Å². The van der Waals surface area contributed by atoms with E-state index in [9.17, 15) is 8.42 Å². The molecular weight excluding hydrogens is 252 g/mol. The van der Waals surface area contributed by atoms with E-state index in [1.54, 1.807) is 19.1 Å². The Morgan fingerprint density at radius 3 is 2.61 bits per heavy atom. The van der Waals surface area contributed by atoms with Crippen molar-refractivity contribution >= 4 is 10.0 Å². The van der Waals surface area contributed by atoms with Crippen molar-refractivity contribution in [3.8, 4) is 6.07 Å². The minimum Gasteiger partial charge on any atom is -0.383 e. The average Bonchev–Trinajstić information content (AvgIpc) is 2.38. The molecule has 0 spiro atoms. The predicted octanol–water partition coefficient (Wildman–Crippen LogP) is 1.21. The van der Waals surface area contributed by atoms with Crippen LogP contribution in [0, 0.1) is 11.3 Å². The van der Waals surface area contributed by atoms with Crippen molar-refractivity contribution in [2.45, 2.75) is 17.9 Å². The molecular formula is C12H16N2O3S. The second-order valence-corrected chi connectivity index (χ2v) is 5.90. The van der Waals surface area contributed by atoms with E-state index in [2.05, 4.69) is 0 Å². The fourth-order valence-electron chi connectivity index (χ4n) is 1.52. The second kappa shape index (κ2) is 5.96. The van der Waals surface area contributed by atoms with Crippen molar-refractivity contribution in [2.24, 2.45) is 0 Å². The van der Waals surface area contributed by atoms with E-state index in [1.165, 1.54) is 30.6 Å². The van der Waals surface area contributed by atoms with Gasteiger partial charge >= 0.3 is 0 Å². The third-order valence-electron chi connectivity index (χ3n) is 2.69. The summed E-state index contributed by atoms with van der Waals surface area (Å²) in [5.74, 6) is 0. The number of hydrogen-bond donors (Lipinski definition) is 0. The predicted molar refractivity (Wildman–Crippen MR) is 67.4 cm³/mol. The zero-order chi connectivity index (χ0) is 13.8. The highest BCUT2D eigenvalue weighted by Gasteiger charge is 2.27. The Kier molecular flexibility index (Phi) is 4.84. The molecule has 0 N–H and O–H groups in total. The Hall–Kier alpha value is -1.42. The Bertz CT molecular complexity index is 549. The number of rotatable bonds is 5. The molecule has 18 heavy (non-hydrogen) atoms. The molecule has 6 heteroatoms. The third kappa shape index (κ3) is 2.88. The monoisotopic (exact) mass is 268 g/mol. The molecule has 0 heterocycles. The lowest BCUT2D eigenvalue weighted by Gasteiger charge is -2.24. The van der Waals surface area contributed by atoms with Gasteiger partial charge in [-0.15, -0.1) is 0 Å². The molecule has 0 saturated heterocycles. The molecule has 0 aliphatic rings. The molecule has 5 nitrogen and oxygen atoms in total. The van der Waals surface area contributed by atoms with Crippen molar-refractivity contribution in [2.75, 3.05) is 20.8 Å². The maximum Gasteiger partial charge on any atom is 0.244 e. The maximum atomic E-state index is 12.3. The Labute approximate surface area is 108 Å². The molecule has 1 atom stereocenters. The molecule has 0 radical (unpaired) electrons. The maximum absolute atomic E-state index is 12.3. The highest BCUT2D eigenvalue weighted by molar-refractivity contribution is 7.89. The van der Waals surface area contributed by atoms with E-state index in [0.29, 0.717) is 6.61 Å². The van der Waals surface area contributed by atoms with E-state index in [0.717, 1.165) is 0 Å². The number of hydrogen-bond acceptors (Lipinski definition) is 4. The largest absolute Gasteiger partial charge is 0.383 e. The van der Waals surface area contributed by atoms with Crippen LogP contribution in [0.25, 0.3) is 0 Å². The van der Waals surface area contributed by atoms with Gasteiger partial charge in [0.15, 0.2) is 0 Å². The standard InChI is InChI=1S/C12H16N2O3S/c1-10(9-17-3)14(2)18(15,16)12-7-5-4-6-11(12)8-13/h4-7,10H,9H2,1-3H3. The summed E-state index contributed by atoms with van der Waals surface area (Å²) in [6.07, 6.45) is 0. The summed E-state index contributed by atoms with van der Waals surface area (Å²) in [6.45, 7) is 2.04. The Morgan fingerprint density at radius 2 is 2.06 bits per heavy atom. The summed E-state index contributed by atoms with van der Waals surface area (Å²) >= 11 is 0. The van der Waals surface area contributed by atoms with Gasteiger partial charge in [0.1, 0.15) is 6.07 Å². The SMILES string of the molecule is COCC(C)N(C)S(=O)(=O)c1ccccc1C#N. The molecule has 1 rings (SSSR count). The zero-order valence-corrected chi connectivity index (χ0v) is 11.4. The van der Waals surface area contributed by atoms with Crippen LogP contribution in [0.1, 0.15) is 12.5 Å². The lowest BCUT2D eigenvalue weighted by Crippen LogP contribution is -2.38. The molecule has 0 bridgehead atoms. The van der Waals surface area contributed by atoms with Gasteiger partial charge in [0, 0.05) is 20.2 Å². The molecule has 98 valence electrons. The van der Waals surface area contributed by atoms with Crippen LogP contribution in [0.4, 0.5) is 0 Å². The summed E-state index contributed by atoms with van der Waals surface area (Å²) in [5.41, 5.74) is 0.147. The lowest BCUT2D eigenvalue weighted by atomic mass is 10.2. The summed E-state index contributed by atoms with van der Waals surface area (Å²) in [4.78, 5) is 0.0259. The van der Waals surface area contributed by atoms with Gasteiger partial charge in [0.2, 0.25) is 10.0 Å². The quantitative estimate of drug-likeness (QED) is 0.805. The topological polar surface area (TPSA) is 70.4 Å². The smallest absolute Gasteiger partial charge is 0.244 e. The minimum atomic E-state index is -3.67. The molecule has 1 unspecified atom stereocenters. The van der Waals surface area contributed by atoms with Crippen LogP contribution in [0.15, 0.2) is 29.2 Å². The summed E-state index contributed by atoms with van der Waals surface area (Å²) in [6, 6.07) is 7.75. The second-order valence-electron chi connectivity index (χ2n) is 3.93. The van der Waals surface area contributed by atoms with Crippen molar-refractivity contribution in [3.63, 3.8) is 0 Å². The van der Waals surface area contributed by atoms with Gasteiger partial charge in [-0.3, -0.25) is 0 Å². The molecule has 1 aromatic carbocycles. The van der Waals surface area contributed by atoms with Crippen molar-refractivity contribution in [1.29, 1.82) is 5.26 Å². The molecule has 0 aliphatic carbocycles. The number of nitriles is 1. The normalized spacial score (nSPS) is 13.3. The summed E-state index contributed by atoms with van der Waals surface area (Å²) in [7, 11) is -0.679. The van der Waals surface area contributed by atoms with E-state index >= 15 is 0 Å². The summed E-state index contributed by atoms with van der Waals surface area (Å²) in [5, 5.41) is 8.95. The fraction of sp³-hybridized carbons (Fsp3) is 0.417. The van der Waals surface area contributed by atoms with Gasteiger partial charge in [-0.2, -0.15) is 9.57 Å². The number of nitrogens with zero attached hydrogens (tertiary/aromatic N) is 2. The number of sulfonamides is 1. The number of likely N-dealkylation sites (N-methyl/N-ethyl adjacent to an activating group) is 1. The molecule has 1 aromatic rings. The first-order valence-electron chi connectivity index (χ1n) is 5.41. The van der Waals surface area contributed by atoms with Crippen LogP contribution in [0.3, 0.4) is 0 Å². The molecule has 0 aliphatic heterocycles. The van der Waals surface area contributed by atoms with Gasteiger partial charge in [-0.05, 0) is 19.1 Å². The Morgan fingerprint density at radius 1 is 1.44 bits per heavy atom. The van der Waals surface area contributed by atoms with Crippen molar-refractivity contribution in [3.05, 3.63) is 29.8 Å². The third-order valence-corrected chi connectivity index (χ3v) is 4.72.